The number of phosphoric acid groups is 1. The van der Waals surface area contributed by atoms with Gasteiger partial charge in [-0.2, -0.15) is 0 Å². The van der Waals surface area contributed by atoms with Gasteiger partial charge in [-0.3, -0.25) is 18.6 Å². The van der Waals surface area contributed by atoms with Crippen molar-refractivity contribution < 1.29 is 47.8 Å². The van der Waals surface area contributed by atoms with E-state index in [9.17, 15) is 34.1 Å². The number of unbranched alkanes of at least 4 members (excludes halogenated alkanes) is 7. The highest BCUT2D eigenvalue weighted by Crippen LogP contribution is 2.43. The molecule has 0 bridgehead atoms. The van der Waals surface area contributed by atoms with Crippen LogP contribution >= 0.6 is 7.82 Å². The third-order valence-corrected chi connectivity index (χ3v) is 8.60. The molecule has 0 heterocycles. The van der Waals surface area contributed by atoms with Crippen molar-refractivity contribution in [2.45, 2.75) is 142 Å². The number of aliphatic hydroxyl groups is 1. The lowest BCUT2D eigenvalue weighted by Gasteiger charge is -2.18. The Balaban J connectivity index is 4.06. The van der Waals surface area contributed by atoms with Crippen LogP contribution in [0.15, 0.2) is 85.1 Å². The van der Waals surface area contributed by atoms with Crippen molar-refractivity contribution in [3.05, 3.63) is 85.1 Å². The number of allylic oxidation sites excluding steroid dienone is 14. The van der Waals surface area contributed by atoms with Crippen LogP contribution in [0.2, 0.25) is 0 Å². The molecule has 0 spiro atoms. The van der Waals surface area contributed by atoms with Gasteiger partial charge in [0, 0.05) is 12.8 Å². The maximum atomic E-state index is 12.2. The van der Waals surface area contributed by atoms with Crippen molar-refractivity contribution in [3.8, 4) is 0 Å². The molecule has 0 aromatic carbocycles. The lowest BCUT2D eigenvalue weighted by Crippen LogP contribution is -2.43. The average molecular weight is 778 g/mol. The molecule has 11 nitrogen and oxygen atoms in total. The van der Waals surface area contributed by atoms with Crippen LogP contribution in [0.4, 0.5) is 0 Å². The summed E-state index contributed by atoms with van der Waals surface area (Å²) in [6.45, 7) is 2.30. The number of nitrogens with one attached hydrogen (secondary N) is 1. The maximum absolute atomic E-state index is 12.2. The van der Waals surface area contributed by atoms with Gasteiger partial charge < -0.3 is 25.2 Å². The lowest BCUT2D eigenvalue weighted by atomic mass is 10.1. The molecule has 0 saturated heterocycles. The third kappa shape index (κ3) is 35.7. The summed E-state index contributed by atoms with van der Waals surface area (Å²) in [5.41, 5.74) is 0. The lowest BCUT2D eigenvalue weighted by molar-refractivity contribution is -0.147. The smallest absolute Gasteiger partial charge is 0.472 e. The van der Waals surface area contributed by atoms with Gasteiger partial charge in [-0.1, -0.05) is 125 Å². The van der Waals surface area contributed by atoms with Crippen LogP contribution in [0.5, 0.6) is 0 Å². The number of carboxylic acid groups (broad SMARTS) is 1. The molecule has 0 aliphatic heterocycles. The van der Waals surface area contributed by atoms with E-state index in [0.717, 1.165) is 83.5 Å². The topological polar surface area (TPSA) is 169 Å². The van der Waals surface area contributed by atoms with Gasteiger partial charge >= 0.3 is 19.8 Å². The van der Waals surface area contributed by atoms with Crippen molar-refractivity contribution in [1.82, 2.24) is 5.32 Å². The normalized spacial score (nSPS) is 14.7. The van der Waals surface area contributed by atoms with E-state index >= 15 is 0 Å². The summed E-state index contributed by atoms with van der Waals surface area (Å²) in [5, 5.41) is 21.7. The molecule has 3 unspecified atom stereocenters. The van der Waals surface area contributed by atoms with Crippen LogP contribution in [-0.2, 0) is 32.7 Å². The Morgan fingerprint density at radius 3 is 1.65 bits per heavy atom. The monoisotopic (exact) mass is 777 g/mol. The Hall–Kier alpha value is -3.34. The zero-order valence-corrected chi connectivity index (χ0v) is 33.6. The number of aliphatic hydroxyl groups excluding tert-OH is 1. The van der Waals surface area contributed by atoms with Crippen molar-refractivity contribution in [2.24, 2.45) is 0 Å². The van der Waals surface area contributed by atoms with Crippen molar-refractivity contribution in [1.29, 1.82) is 0 Å². The summed E-state index contributed by atoms with van der Waals surface area (Å²) in [7, 11) is -4.77. The van der Waals surface area contributed by atoms with Gasteiger partial charge in [0.1, 0.15) is 12.7 Å². The fourth-order valence-electron chi connectivity index (χ4n) is 4.62. The van der Waals surface area contributed by atoms with Crippen molar-refractivity contribution >= 4 is 25.7 Å². The van der Waals surface area contributed by atoms with E-state index in [1.807, 2.05) is 12.2 Å². The molecule has 0 fully saturated rings. The van der Waals surface area contributed by atoms with Crippen LogP contribution in [0.1, 0.15) is 129 Å². The summed E-state index contributed by atoms with van der Waals surface area (Å²) in [6, 6.07) is -1.56. The van der Waals surface area contributed by atoms with Crippen molar-refractivity contribution in [3.63, 3.8) is 0 Å². The molecule has 4 N–H and O–H groups in total. The fourth-order valence-corrected chi connectivity index (χ4v) is 5.39. The molecule has 1 amide bonds. The largest absolute Gasteiger partial charge is 0.480 e. The molecule has 0 aromatic rings. The van der Waals surface area contributed by atoms with Gasteiger partial charge in [0.2, 0.25) is 5.91 Å². The van der Waals surface area contributed by atoms with E-state index in [4.69, 9.17) is 13.8 Å². The summed E-state index contributed by atoms with van der Waals surface area (Å²) in [5.74, 6) is -2.47. The molecule has 0 saturated carbocycles. The number of rotatable bonds is 35. The minimum atomic E-state index is -4.77. The number of phosphoric ester groups is 1. The SMILES string of the molecule is CC/C=C\C/C=C\C/C=C\C/C=C\C/C=C\CCCC(=O)OCC(O)COP(=O)(O)OCC(NC(=O)CCCCCCC/C=C\C/C=C\CCC)C(=O)O. The Morgan fingerprint density at radius 1 is 0.611 bits per heavy atom. The first kappa shape index (κ1) is 50.7. The Kier molecular flexibility index (Phi) is 34.4. The molecule has 0 aliphatic carbocycles. The molecule has 0 radical (unpaired) electrons. The van der Waals surface area contributed by atoms with Crippen molar-refractivity contribution in [2.75, 3.05) is 19.8 Å². The van der Waals surface area contributed by atoms with Gasteiger partial charge in [-0.25, -0.2) is 9.36 Å². The number of hydrogen-bond donors (Lipinski definition) is 4. The quantitative estimate of drug-likeness (QED) is 0.0210. The van der Waals surface area contributed by atoms with Crippen LogP contribution < -0.4 is 5.32 Å². The standard InChI is InChI=1S/C42H68NO10P/c1-3-5-7-9-11-13-15-17-18-19-20-22-24-26-28-30-32-34-41(46)51-35-38(44)36-52-54(49,50)53-37-39(42(47)48)43-40(45)33-31-29-27-25-23-21-16-14-12-10-8-6-4-2/h5,7-8,10-11,13-14,16-18,20,22,26,28,38-39,44H,3-4,6,9,12,15,19,21,23-25,27,29-37H2,1-2H3,(H,43,45)(H,47,48)(H,49,50)/b7-5-,10-8-,13-11-,16-14-,18-17-,22-20-,28-26-. The van der Waals surface area contributed by atoms with E-state index in [1.54, 1.807) is 0 Å². The molecule has 306 valence electrons. The summed E-state index contributed by atoms with van der Waals surface area (Å²) in [6.07, 6.45) is 43.3. The second-order valence-corrected chi connectivity index (χ2v) is 14.2. The number of carbonyl (C=O) groups excluding carboxylic acids is 2. The number of carbonyl (C=O) groups is 3. The second kappa shape index (κ2) is 36.6. The molecule has 12 heteroatoms. The summed E-state index contributed by atoms with van der Waals surface area (Å²) in [4.78, 5) is 45.7. The first-order chi connectivity index (χ1) is 26.1. The van der Waals surface area contributed by atoms with Gasteiger partial charge in [0.25, 0.3) is 0 Å². The number of ether oxygens (including phenoxy) is 1. The van der Waals surface area contributed by atoms with Crippen LogP contribution in [0.25, 0.3) is 0 Å². The number of hydrogen-bond acceptors (Lipinski definition) is 8. The van der Waals surface area contributed by atoms with Crippen LogP contribution in [0.3, 0.4) is 0 Å². The van der Waals surface area contributed by atoms with Crippen LogP contribution in [-0.4, -0.2) is 64.9 Å². The Bertz CT molecular complexity index is 1240. The average Bonchev–Trinajstić information content (AvgIpc) is 3.14. The predicted molar refractivity (Wildman–Crippen MR) is 217 cm³/mol. The van der Waals surface area contributed by atoms with Gasteiger partial charge in [0.15, 0.2) is 6.04 Å². The predicted octanol–water partition coefficient (Wildman–Crippen LogP) is 9.55. The maximum Gasteiger partial charge on any atom is 0.472 e. The number of carboxylic acids is 1. The van der Waals surface area contributed by atoms with Crippen LogP contribution in [0, 0.1) is 0 Å². The number of amides is 1. The number of aliphatic carboxylic acids is 1. The van der Waals surface area contributed by atoms with E-state index in [1.165, 1.54) is 0 Å². The molecule has 3 atom stereocenters. The van der Waals surface area contributed by atoms with E-state index in [2.05, 4.69) is 92.1 Å². The van der Waals surface area contributed by atoms with E-state index in [0.29, 0.717) is 19.3 Å². The van der Waals surface area contributed by atoms with Gasteiger partial charge in [-0.05, 0) is 77.0 Å². The molecular formula is C42H68NO10P. The Labute approximate surface area is 324 Å². The molecule has 0 aromatic heterocycles. The minimum absolute atomic E-state index is 0.120. The molecule has 0 aliphatic rings. The summed E-state index contributed by atoms with van der Waals surface area (Å²) >= 11 is 0. The molecule has 54 heavy (non-hydrogen) atoms. The third-order valence-electron chi connectivity index (χ3n) is 7.65. The van der Waals surface area contributed by atoms with E-state index < -0.39 is 57.6 Å². The van der Waals surface area contributed by atoms with Gasteiger partial charge in [-0.15, -0.1) is 0 Å². The highest BCUT2D eigenvalue weighted by Gasteiger charge is 2.28. The number of esters is 1. The van der Waals surface area contributed by atoms with Gasteiger partial charge in [0.05, 0.1) is 13.2 Å². The summed E-state index contributed by atoms with van der Waals surface area (Å²) < 4.78 is 26.7. The highest BCUT2D eigenvalue weighted by atomic mass is 31.2. The molecular weight excluding hydrogens is 709 g/mol. The second-order valence-electron chi connectivity index (χ2n) is 12.7. The zero-order chi connectivity index (χ0) is 40.0. The van der Waals surface area contributed by atoms with E-state index in [-0.39, 0.29) is 12.8 Å². The Morgan fingerprint density at radius 2 is 1.09 bits per heavy atom. The minimum Gasteiger partial charge on any atom is -0.480 e. The fraction of sp³-hybridized carbons (Fsp3) is 0.595. The highest BCUT2D eigenvalue weighted by molar-refractivity contribution is 7.47. The zero-order valence-electron chi connectivity index (χ0n) is 32.7. The first-order valence-electron chi connectivity index (χ1n) is 19.6. The first-order valence-corrected chi connectivity index (χ1v) is 21.1. The molecule has 0 rings (SSSR count).